The third-order valence-corrected chi connectivity index (χ3v) is 4.25. The Morgan fingerprint density at radius 3 is 2.71 bits per heavy atom. The van der Waals surface area contributed by atoms with Crippen molar-refractivity contribution >= 4 is 27.8 Å². The number of aromatic nitrogens is 4. The second-order valence-electron chi connectivity index (χ2n) is 6.54. The number of hydrogen-bond donors (Lipinski definition) is 1. The van der Waals surface area contributed by atoms with E-state index in [0.717, 1.165) is 10.0 Å². The van der Waals surface area contributed by atoms with Crippen LogP contribution in [0.4, 0.5) is 5.95 Å². The maximum atomic E-state index is 12.8. The normalized spacial score (nSPS) is 17.3. The number of nitrogens with zero attached hydrogens (tertiary/aromatic N) is 4. The van der Waals surface area contributed by atoms with Crippen molar-refractivity contribution in [2.24, 2.45) is 0 Å². The molecule has 2 aromatic rings. The molecule has 2 heterocycles. The van der Waals surface area contributed by atoms with Crippen molar-refractivity contribution in [3.8, 4) is 0 Å². The minimum Gasteiger partial charge on any atom is -0.456 e. The molecule has 0 unspecified atom stereocenters. The van der Waals surface area contributed by atoms with Gasteiger partial charge in [-0.15, -0.1) is 0 Å². The van der Waals surface area contributed by atoms with Crippen LogP contribution in [0, 0.1) is 0 Å². The Bertz CT molecular complexity index is 822. The average molecular weight is 392 g/mol. The van der Waals surface area contributed by atoms with E-state index in [9.17, 15) is 4.79 Å². The molecule has 3 rings (SSSR count). The fraction of sp³-hybridized carbons (Fsp3) is 0.375. The molecule has 8 heteroatoms. The summed E-state index contributed by atoms with van der Waals surface area (Å²) in [5.41, 5.74) is 1.45. The standard InChI is InChI=1S/C16H18BrN5O2/c1-9-12(14(23)24-16(2,3)4)13(10-7-5-6-8-11(10)17)22-15(18-9)19-20-21-22/h5-8,13H,1-4H3,(H,18,19,21)/t13-/m1/s1. The van der Waals surface area contributed by atoms with Crippen LogP contribution in [0.25, 0.3) is 0 Å². The Hall–Kier alpha value is -2.22. The third-order valence-electron chi connectivity index (χ3n) is 3.53. The fourth-order valence-electron chi connectivity index (χ4n) is 2.59. The largest absolute Gasteiger partial charge is 0.456 e. The van der Waals surface area contributed by atoms with Crippen LogP contribution >= 0.6 is 15.9 Å². The summed E-state index contributed by atoms with van der Waals surface area (Å²) in [5, 5.41) is 14.8. The molecule has 0 saturated carbocycles. The predicted octanol–water partition coefficient (Wildman–Crippen LogP) is 3.07. The van der Waals surface area contributed by atoms with Gasteiger partial charge >= 0.3 is 5.97 Å². The van der Waals surface area contributed by atoms with Crippen molar-refractivity contribution in [3.63, 3.8) is 0 Å². The summed E-state index contributed by atoms with van der Waals surface area (Å²) < 4.78 is 8.05. The maximum Gasteiger partial charge on any atom is 0.338 e. The molecule has 0 spiro atoms. The molecule has 1 aliphatic heterocycles. The Morgan fingerprint density at radius 1 is 1.33 bits per heavy atom. The van der Waals surface area contributed by atoms with Crippen molar-refractivity contribution < 1.29 is 9.53 Å². The molecule has 1 aromatic carbocycles. The molecule has 126 valence electrons. The van der Waals surface area contributed by atoms with Gasteiger partial charge in [-0.1, -0.05) is 39.2 Å². The number of rotatable bonds is 2. The zero-order chi connectivity index (χ0) is 17.5. The molecule has 0 fully saturated rings. The smallest absolute Gasteiger partial charge is 0.338 e. The maximum absolute atomic E-state index is 12.8. The number of halogens is 1. The van der Waals surface area contributed by atoms with Crippen molar-refractivity contribution in [2.45, 2.75) is 39.3 Å². The van der Waals surface area contributed by atoms with E-state index in [1.54, 1.807) is 4.68 Å². The van der Waals surface area contributed by atoms with Gasteiger partial charge in [-0.05, 0) is 49.8 Å². The zero-order valence-electron chi connectivity index (χ0n) is 13.9. The summed E-state index contributed by atoms with van der Waals surface area (Å²) in [6.45, 7) is 7.34. The van der Waals surface area contributed by atoms with Crippen LogP contribution in [0.15, 0.2) is 40.0 Å². The lowest BCUT2D eigenvalue weighted by molar-refractivity contribution is -0.150. The molecule has 7 nitrogen and oxygen atoms in total. The Morgan fingerprint density at radius 2 is 2.04 bits per heavy atom. The van der Waals surface area contributed by atoms with Gasteiger partial charge in [-0.25, -0.2) is 4.79 Å². The fourth-order valence-corrected chi connectivity index (χ4v) is 3.10. The molecule has 0 bridgehead atoms. The molecule has 24 heavy (non-hydrogen) atoms. The molecule has 0 radical (unpaired) electrons. The van der Waals surface area contributed by atoms with Gasteiger partial charge in [-0.2, -0.15) is 4.68 Å². The number of carbonyl (C=O) groups is 1. The van der Waals surface area contributed by atoms with Gasteiger partial charge in [0.15, 0.2) is 0 Å². The lowest BCUT2D eigenvalue weighted by Gasteiger charge is -2.30. The predicted molar refractivity (Wildman–Crippen MR) is 92.3 cm³/mol. The summed E-state index contributed by atoms with van der Waals surface area (Å²) in [6, 6.07) is 7.21. The summed E-state index contributed by atoms with van der Waals surface area (Å²) in [5.74, 6) is 0.0926. The van der Waals surface area contributed by atoms with Crippen molar-refractivity contribution in [3.05, 3.63) is 45.6 Å². The molecule has 1 N–H and O–H groups in total. The number of anilines is 1. The van der Waals surface area contributed by atoms with Crippen LogP contribution in [0.1, 0.15) is 39.3 Å². The van der Waals surface area contributed by atoms with E-state index in [4.69, 9.17) is 4.74 Å². The van der Waals surface area contributed by atoms with Gasteiger partial charge in [0.1, 0.15) is 11.6 Å². The molecule has 0 aliphatic carbocycles. The van der Waals surface area contributed by atoms with E-state index in [1.807, 2.05) is 52.0 Å². The lowest BCUT2D eigenvalue weighted by atomic mass is 9.95. The number of fused-ring (bicyclic) bond motifs is 1. The van der Waals surface area contributed by atoms with Crippen LogP contribution in [0.5, 0.6) is 0 Å². The van der Waals surface area contributed by atoms with Gasteiger partial charge in [-0.3, -0.25) is 0 Å². The first-order chi connectivity index (χ1) is 11.3. The Balaban J connectivity index is 2.14. The first-order valence-electron chi connectivity index (χ1n) is 7.51. The van der Waals surface area contributed by atoms with Crippen LogP contribution in [-0.4, -0.2) is 31.8 Å². The number of nitrogens with one attached hydrogen (secondary N) is 1. The number of ether oxygens (including phenoxy) is 1. The van der Waals surface area contributed by atoms with E-state index in [2.05, 4.69) is 36.8 Å². The second kappa shape index (κ2) is 6.01. The number of benzene rings is 1. The molecule has 0 amide bonds. The Labute approximate surface area is 148 Å². The van der Waals surface area contributed by atoms with E-state index >= 15 is 0 Å². The van der Waals surface area contributed by atoms with Crippen molar-refractivity contribution in [1.82, 2.24) is 20.2 Å². The van der Waals surface area contributed by atoms with Crippen LogP contribution in [-0.2, 0) is 9.53 Å². The first kappa shape index (κ1) is 16.6. The number of allylic oxidation sites excluding steroid dienone is 1. The van der Waals surface area contributed by atoms with E-state index in [1.165, 1.54) is 0 Å². The second-order valence-corrected chi connectivity index (χ2v) is 7.39. The quantitative estimate of drug-likeness (QED) is 0.792. The van der Waals surface area contributed by atoms with Gasteiger partial charge in [0, 0.05) is 10.2 Å². The van der Waals surface area contributed by atoms with E-state index in [0.29, 0.717) is 17.2 Å². The van der Waals surface area contributed by atoms with Crippen LogP contribution in [0.3, 0.4) is 0 Å². The van der Waals surface area contributed by atoms with E-state index in [-0.39, 0.29) is 0 Å². The molecule has 0 saturated heterocycles. The van der Waals surface area contributed by atoms with Crippen molar-refractivity contribution in [2.75, 3.05) is 5.32 Å². The highest BCUT2D eigenvalue weighted by atomic mass is 79.9. The first-order valence-corrected chi connectivity index (χ1v) is 8.30. The highest BCUT2D eigenvalue weighted by Crippen LogP contribution is 2.38. The number of hydrogen-bond acceptors (Lipinski definition) is 6. The van der Waals surface area contributed by atoms with E-state index < -0.39 is 17.6 Å². The number of tetrazole rings is 1. The molecular formula is C16H18BrN5O2. The highest BCUT2D eigenvalue weighted by Gasteiger charge is 2.37. The van der Waals surface area contributed by atoms with Gasteiger partial charge < -0.3 is 10.1 Å². The molecule has 1 aromatic heterocycles. The summed E-state index contributed by atoms with van der Waals surface area (Å²) >= 11 is 3.55. The third kappa shape index (κ3) is 3.06. The summed E-state index contributed by atoms with van der Waals surface area (Å²) in [6.07, 6.45) is 0. The average Bonchev–Trinajstić information content (AvgIpc) is 2.92. The Kier molecular flexibility index (Phi) is 4.16. The monoisotopic (exact) mass is 391 g/mol. The van der Waals surface area contributed by atoms with Crippen LogP contribution < -0.4 is 5.32 Å². The van der Waals surface area contributed by atoms with Gasteiger partial charge in [0.2, 0.25) is 5.95 Å². The molecule has 1 aliphatic rings. The van der Waals surface area contributed by atoms with Gasteiger partial charge in [0.05, 0.1) is 5.57 Å². The molecule has 1 atom stereocenters. The van der Waals surface area contributed by atoms with Gasteiger partial charge in [0.25, 0.3) is 0 Å². The minimum absolute atomic E-state index is 0.394. The summed E-state index contributed by atoms with van der Waals surface area (Å²) in [4.78, 5) is 12.8. The van der Waals surface area contributed by atoms with Crippen molar-refractivity contribution in [1.29, 1.82) is 0 Å². The molecular weight excluding hydrogens is 374 g/mol. The summed E-state index contributed by atoms with van der Waals surface area (Å²) in [7, 11) is 0. The minimum atomic E-state index is -0.594. The highest BCUT2D eigenvalue weighted by molar-refractivity contribution is 9.10. The lowest BCUT2D eigenvalue weighted by Crippen LogP contribution is -2.33. The number of carbonyl (C=O) groups excluding carboxylic acids is 1. The van der Waals surface area contributed by atoms with Crippen LogP contribution in [0.2, 0.25) is 0 Å². The topological polar surface area (TPSA) is 81.9 Å². The zero-order valence-corrected chi connectivity index (χ0v) is 15.5. The SMILES string of the molecule is CC1=C(C(=O)OC(C)(C)C)[C@@H](c2ccccc2Br)n2nnnc2N1. The number of esters is 1.